The highest BCUT2D eigenvalue weighted by Crippen LogP contribution is 2.42. The lowest BCUT2D eigenvalue weighted by Crippen LogP contribution is -2.12. The first kappa shape index (κ1) is 16.1. The van der Waals surface area contributed by atoms with Crippen molar-refractivity contribution in [2.75, 3.05) is 0 Å². The van der Waals surface area contributed by atoms with Gasteiger partial charge in [-0.3, -0.25) is 4.79 Å². The van der Waals surface area contributed by atoms with E-state index in [1.165, 1.54) is 37.7 Å². The molecule has 0 saturated carbocycles. The van der Waals surface area contributed by atoms with Crippen LogP contribution in [0, 0.1) is 0 Å². The summed E-state index contributed by atoms with van der Waals surface area (Å²) in [6.45, 7) is 2.04. The van der Waals surface area contributed by atoms with Gasteiger partial charge in [0.25, 0.3) is 0 Å². The first-order valence-electron chi connectivity index (χ1n) is 9.51. The summed E-state index contributed by atoms with van der Waals surface area (Å²) >= 11 is 0. The summed E-state index contributed by atoms with van der Waals surface area (Å²) in [5, 5.41) is 19.5. The van der Waals surface area contributed by atoms with E-state index in [0.29, 0.717) is 6.42 Å². The average Bonchev–Trinajstić information content (AvgIpc) is 2.69. The first-order valence-corrected chi connectivity index (χ1v) is 9.51. The molecular weight excluding hydrogens is 332 g/mol. The van der Waals surface area contributed by atoms with E-state index in [0.717, 1.165) is 17.4 Å². The van der Waals surface area contributed by atoms with Crippen molar-refractivity contribution in [3.63, 3.8) is 0 Å². The first-order chi connectivity index (χ1) is 13.2. The molecule has 1 atom stereocenters. The second kappa shape index (κ2) is 5.95. The molecule has 132 valence electrons. The number of fused-ring (bicyclic) bond motifs is 2. The maximum atomic E-state index is 11.9. The molecule has 0 aliphatic heterocycles. The second-order valence-corrected chi connectivity index (χ2v) is 7.32. The van der Waals surface area contributed by atoms with Crippen molar-refractivity contribution >= 4 is 49.1 Å². The van der Waals surface area contributed by atoms with E-state index in [2.05, 4.69) is 60.7 Å². The summed E-state index contributed by atoms with van der Waals surface area (Å²) in [5.74, 6) is -1.21. The number of aliphatic carboxylic acids is 1. The van der Waals surface area contributed by atoms with Gasteiger partial charge in [0.2, 0.25) is 0 Å². The quantitative estimate of drug-likeness (QED) is 0.288. The number of rotatable bonds is 4. The highest BCUT2D eigenvalue weighted by molar-refractivity contribution is 6.33. The smallest absolute Gasteiger partial charge is 0.310 e. The summed E-state index contributed by atoms with van der Waals surface area (Å²) in [4.78, 5) is 11.9. The van der Waals surface area contributed by atoms with Crippen molar-refractivity contribution in [2.24, 2.45) is 0 Å². The lowest BCUT2D eigenvalue weighted by Gasteiger charge is -2.19. The summed E-state index contributed by atoms with van der Waals surface area (Å²) in [6.07, 6.45) is 1.50. The largest absolute Gasteiger partial charge is 0.481 e. The summed E-state index contributed by atoms with van der Waals surface area (Å²) in [6, 6.07) is 23.3. The van der Waals surface area contributed by atoms with Gasteiger partial charge in [-0.05, 0) is 55.1 Å². The van der Waals surface area contributed by atoms with Crippen molar-refractivity contribution in [3.8, 4) is 0 Å². The molecule has 0 aromatic heterocycles. The fourth-order valence-electron chi connectivity index (χ4n) is 4.67. The zero-order valence-corrected chi connectivity index (χ0v) is 15.2. The number of carbonyl (C=O) groups is 1. The molecule has 5 aromatic carbocycles. The third-order valence-corrected chi connectivity index (χ3v) is 5.81. The van der Waals surface area contributed by atoms with Gasteiger partial charge in [0, 0.05) is 0 Å². The van der Waals surface area contributed by atoms with E-state index in [1.807, 2.05) is 13.0 Å². The molecule has 1 N–H and O–H groups in total. The minimum Gasteiger partial charge on any atom is -0.481 e. The fourth-order valence-corrected chi connectivity index (χ4v) is 4.67. The Morgan fingerprint density at radius 2 is 1.33 bits per heavy atom. The third kappa shape index (κ3) is 2.23. The Labute approximate surface area is 157 Å². The van der Waals surface area contributed by atoms with Gasteiger partial charge in [-0.15, -0.1) is 0 Å². The lowest BCUT2D eigenvalue weighted by atomic mass is 9.84. The molecule has 27 heavy (non-hydrogen) atoms. The Hall–Kier alpha value is -3.13. The Morgan fingerprint density at radius 3 is 1.96 bits per heavy atom. The predicted octanol–water partition coefficient (Wildman–Crippen LogP) is 6.71. The van der Waals surface area contributed by atoms with Crippen LogP contribution in [0.5, 0.6) is 0 Å². The van der Waals surface area contributed by atoms with Gasteiger partial charge in [-0.25, -0.2) is 0 Å². The Kier molecular flexibility index (Phi) is 3.54. The van der Waals surface area contributed by atoms with Crippen LogP contribution in [0.15, 0.2) is 66.7 Å². The molecule has 0 fully saturated rings. The van der Waals surface area contributed by atoms with Crippen LogP contribution < -0.4 is 0 Å². The van der Waals surface area contributed by atoms with Crippen molar-refractivity contribution in [3.05, 3.63) is 72.3 Å². The molecule has 0 aliphatic carbocycles. The fraction of sp³-hybridized carbons (Fsp3) is 0.160. The normalized spacial score (nSPS) is 13.1. The van der Waals surface area contributed by atoms with Crippen LogP contribution in [0.1, 0.15) is 31.2 Å². The summed E-state index contributed by atoms with van der Waals surface area (Å²) < 4.78 is 0. The molecule has 0 bridgehead atoms. The molecule has 0 saturated heterocycles. The highest BCUT2D eigenvalue weighted by atomic mass is 16.4. The van der Waals surface area contributed by atoms with Crippen molar-refractivity contribution in [1.82, 2.24) is 0 Å². The molecule has 1 unspecified atom stereocenters. The van der Waals surface area contributed by atoms with Gasteiger partial charge < -0.3 is 5.11 Å². The topological polar surface area (TPSA) is 37.3 Å². The predicted molar refractivity (Wildman–Crippen MR) is 113 cm³/mol. The van der Waals surface area contributed by atoms with Gasteiger partial charge >= 0.3 is 5.97 Å². The monoisotopic (exact) mass is 352 g/mol. The standard InChI is InChI=1S/C25H20O2/c1-2-6-22(25(26)27)16-13-14-21-19-10-4-8-15-7-3-9-18(23(15)19)20-12-5-11-17(16)24(20)21/h3-5,7-14,22H,2,6H2,1H3,(H,26,27). The third-order valence-electron chi connectivity index (χ3n) is 5.81. The van der Waals surface area contributed by atoms with Gasteiger partial charge in [0.05, 0.1) is 5.92 Å². The van der Waals surface area contributed by atoms with E-state index in [9.17, 15) is 9.90 Å². The van der Waals surface area contributed by atoms with Crippen LogP contribution in [0.4, 0.5) is 0 Å². The zero-order valence-electron chi connectivity index (χ0n) is 15.2. The van der Waals surface area contributed by atoms with E-state index < -0.39 is 11.9 Å². The molecule has 0 aliphatic rings. The SMILES string of the molecule is CCCC(C(=O)O)c1ccc2c3cccc4cccc(c5cccc1c52)c43. The molecule has 5 aromatic rings. The average molecular weight is 352 g/mol. The molecule has 0 heterocycles. The molecular formula is C25H20O2. The van der Waals surface area contributed by atoms with Gasteiger partial charge in [-0.2, -0.15) is 0 Å². The van der Waals surface area contributed by atoms with E-state index in [4.69, 9.17) is 0 Å². The molecule has 5 rings (SSSR count). The van der Waals surface area contributed by atoms with Gasteiger partial charge in [0.15, 0.2) is 0 Å². The molecule has 2 heteroatoms. The Bertz CT molecular complexity index is 1270. The van der Waals surface area contributed by atoms with Crippen LogP contribution in [-0.4, -0.2) is 11.1 Å². The molecule has 0 radical (unpaired) electrons. The molecule has 2 nitrogen and oxygen atoms in total. The number of carboxylic acid groups (broad SMARTS) is 1. The lowest BCUT2D eigenvalue weighted by molar-refractivity contribution is -0.138. The number of hydrogen-bond donors (Lipinski definition) is 1. The van der Waals surface area contributed by atoms with E-state index in [1.54, 1.807) is 0 Å². The van der Waals surface area contributed by atoms with Crippen LogP contribution in [-0.2, 0) is 4.79 Å². The van der Waals surface area contributed by atoms with Crippen LogP contribution >= 0.6 is 0 Å². The second-order valence-electron chi connectivity index (χ2n) is 7.32. The Morgan fingerprint density at radius 1 is 0.778 bits per heavy atom. The van der Waals surface area contributed by atoms with Crippen molar-refractivity contribution in [2.45, 2.75) is 25.7 Å². The summed E-state index contributed by atoms with van der Waals surface area (Å²) in [7, 11) is 0. The van der Waals surface area contributed by atoms with Crippen molar-refractivity contribution < 1.29 is 9.90 Å². The van der Waals surface area contributed by atoms with E-state index >= 15 is 0 Å². The zero-order chi connectivity index (χ0) is 18.5. The molecule has 0 amide bonds. The minimum absolute atomic E-state index is 0.465. The Balaban J connectivity index is 2.00. The highest BCUT2D eigenvalue weighted by Gasteiger charge is 2.23. The number of carboxylic acids is 1. The maximum Gasteiger partial charge on any atom is 0.310 e. The maximum absolute atomic E-state index is 11.9. The van der Waals surface area contributed by atoms with Crippen LogP contribution in [0.3, 0.4) is 0 Å². The number of hydrogen-bond acceptors (Lipinski definition) is 1. The molecule has 0 spiro atoms. The summed E-state index contributed by atoms with van der Waals surface area (Å²) in [5.41, 5.74) is 0.927. The number of benzene rings is 5. The van der Waals surface area contributed by atoms with Crippen LogP contribution in [0.25, 0.3) is 43.1 Å². The van der Waals surface area contributed by atoms with E-state index in [-0.39, 0.29) is 0 Å². The van der Waals surface area contributed by atoms with Crippen LogP contribution in [0.2, 0.25) is 0 Å². The van der Waals surface area contributed by atoms with Gasteiger partial charge in [0.1, 0.15) is 0 Å². The van der Waals surface area contributed by atoms with Crippen molar-refractivity contribution in [1.29, 1.82) is 0 Å². The van der Waals surface area contributed by atoms with Gasteiger partial charge in [-0.1, -0.05) is 80.1 Å². The minimum atomic E-state index is -0.740.